The molecule has 0 heterocycles. The molecular formula is C17H15Cl3O3S. The Balaban J connectivity index is 2.51. The molecule has 0 spiro atoms. The number of carbonyl (C=O) groups is 1. The topological polar surface area (TPSA) is 51.2 Å². The molecule has 3 nitrogen and oxygen atoms in total. The summed E-state index contributed by atoms with van der Waals surface area (Å²) < 4.78 is 23.7. The Morgan fingerprint density at radius 2 is 1.79 bits per heavy atom. The van der Waals surface area contributed by atoms with Crippen molar-refractivity contribution < 1.29 is 13.2 Å². The normalized spacial score (nSPS) is 11.5. The van der Waals surface area contributed by atoms with Crippen molar-refractivity contribution in [2.75, 3.05) is 0 Å². The third-order valence-electron chi connectivity index (χ3n) is 3.56. The Morgan fingerprint density at radius 3 is 2.42 bits per heavy atom. The third kappa shape index (κ3) is 4.51. The van der Waals surface area contributed by atoms with E-state index in [-0.39, 0.29) is 21.0 Å². The van der Waals surface area contributed by atoms with Crippen LogP contribution in [0, 0.1) is 0 Å². The standard InChI is InChI=1S/C17H15Cl3O3S/c1-2-3-4-11-5-6-12(9-16(11)24(20,22)23)17(21)14-10-13(18)7-8-15(14)19/h5-10H,2-4H2,1H3. The van der Waals surface area contributed by atoms with Gasteiger partial charge in [-0.05, 0) is 42.7 Å². The molecule has 0 aliphatic heterocycles. The van der Waals surface area contributed by atoms with Gasteiger partial charge in [0.2, 0.25) is 0 Å². The van der Waals surface area contributed by atoms with E-state index in [4.69, 9.17) is 33.9 Å². The monoisotopic (exact) mass is 404 g/mol. The van der Waals surface area contributed by atoms with Crippen molar-refractivity contribution in [2.45, 2.75) is 31.1 Å². The summed E-state index contributed by atoms with van der Waals surface area (Å²) in [5, 5.41) is 0.613. The minimum atomic E-state index is -3.96. The zero-order valence-electron chi connectivity index (χ0n) is 12.9. The van der Waals surface area contributed by atoms with Crippen LogP contribution in [0.2, 0.25) is 10.0 Å². The summed E-state index contributed by atoms with van der Waals surface area (Å²) in [4.78, 5) is 12.6. The Labute approximate surface area is 156 Å². The molecule has 128 valence electrons. The average Bonchev–Trinajstić information content (AvgIpc) is 2.53. The van der Waals surface area contributed by atoms with E-state index in [1.807, 2.05) is 6.92 Å². The van der Waals surface area contributed by atoms with Crippen LogP contribution < -0.4 is 0 Å². The molecule has 0 unspecified atom stereocenters. The van der Waals surface area contributed by atoms with Crippen molar-refractivity contribution in [1.29, 1.82) is 0 Å². The minimum absolute atomic E-state index is 0.0402. The molecule has 0 saturated heterocycles. The lowest BCUT2D eigenvalue weighted by Gasteiger charge is -2.10. The zero-order chi connectivity index (χ0) is 17.9. The van der Waals surface area contributed by atoms with Crippen LogP contribution in [0.3, 0.4) is 0 Å². The molecule has 0 aliphatic rings. The molecule has 0 N–H and O–H groups in total. The van der Waals surface area contributed by atoms with Gasteiger partial charge in [0.1, 0.15) is 0 Å². The molecule has 0 saturated carbocycles. The molecule has 0 fully saturated rings. The third-order valence-corrected chi connectivity index (χ3v) is 5.53. The molecule has 2 rings (SSSR count). The molecule has 0 bridgehead atoms. The number of hydrogen-bond donors (Lipinski definition) is 0. The maximum absolute atomic E-state index is 12.6. The lowest BCUT2D eigenvalue weighted by Crippen LogP contribution is -2.06. The second-order valence-electron chi connectivity index (χ2n) is 5.32. The van der Waals surface area contributed by atoms with Crippen LogP contribution in [-0.2, 0) is 15.5 Å². The number of carbonyl (C=O) groups excluding carboxylic acids is 1. The fourth-order valence-corrected chi connectivity index (χ4v) is 3.88. The number of ketones is 1. The molecular weight excluding hydrogens is 391 g/mol. The van der Waals surface area contributed by atoms with Crippen molar-refractivity contribution in [3.8, 4) is 0 Å². The molecule has 0 aromatic heterocycles. The summed E-state index contributed by atoms with van der Waals surface area (Å²) in [5.41, 5.74) is 1.00. The van der Waals surface area contributed by atoms with E-state index in [1.165, 1.54) is 18.2 Å². The highest BCUT2D eigenvalue weighted by Gasteiger charge is 2.20. The quantitative estimate of drug-likeness (QED) is 0.471. The largest absolute Gasteiger partial charge is 0.289 e. The molecule has 0 atom stereocenters. The summed E-state index contributed by atoms with van der Waals surface area (Å²) in [5.74, 6) is -0.411. The van der Waals surface area contributed by atoms with Gasteiger partial charge in [-0.15, -0.1) is 0 Å². The lowest BCUT2D eigenvalue weighted by molar-refractivity contribution is 0.103. The summed E-state index contributed by atoms with van der Waals surface area (Å²) in [6.45, 7) is 2.01. The SMILES string of the molecule is CCCCc1ccc(C(=O)c2cc(Cl)ccc2Cl)cc1S(=O)(=O)Cl. The van der Waals surface area contributed by atoms with Crippen molar-refractivity contribution in [1.82, 2.24) is 0 Å². The molecule has 0 aliphatic carbocycles. The van der Waals surface area contributed by atoms with Crippen molar-refractivity contribution in [3.63, 3.8) is 0 Å². The van der Waals surface area contributed by atoms with Crippen LogP contribution in [0.4, 0.5) is 0 Å². The van der Waals surface area contributed by atoms with E-state index in [2.05, 4.69) is 0 Å². The van der Waals surface area contributed by atoms with Gasteiger partial charge in [0.05, 0.1) is 9.92 Å². The van der Waals surface area contributed by atoms with Gasteiger partial charge < -0.3 is 0 Å². The van der Waals surface area contributed by atoms with Gasteiger partial charge in [0.15, 0.2) is 5.78 Å². The lowest BCUT2D eigenvalue weighted by atomic mass is 10.00. The van der Waals surface area contributed by atoms with Gasteiger partial charge in [-0.25, -0.2) is 8.42 Å². The van der Waals surface area contributed by atoms with Crippen molar-refractivity contribution in [3.05, 3.63) is 63.1 Å². The number of halogens is 3. The predicted molar refractivity (Wildman–Crippen MR) is 98.0 cm³/mol. The molecule has 0 radical (unpaired) electrons. The first-order valence-corrected chi connectivity index (χ1v) is 10.4. The smallest absolute Gasteiger partial charge is 0.261 e. The molecule has 0 amide bonds. The maximum Gasteiger partial charge on any atom is 0.261 e. The predicted octanol–water partition coefficient (Wildman–Crippen LogP) is 5.49. The maximum atomic E-state index is 12.6. The highest BCUT2D eigenvalue weighted by atomic mass is 35.7. The van der Waals surface area contributed by atoms with Gasteiger partial charge in [0, 0.05) is 26.8 Å². The van der Waals surface area contributed by atoms with Gasteiger partial charge in [-0.2, -0.15) is 0 Å². The first-order valence-electron chi connectivity index (χ1n) is 7.31. The number of aryl methyl sites for hydroxylation is 1. The molecule has 24 heavy (non-hydrogen) atoms. The van der Waals surface area contributed by atoms with Crippen molar-refractivity contribution in [2.24, 2.45) is 0 Å². The Hall–Kier alpha value is -1.07. The van der Waals surface area contributed by atoms with Gasteiger partial charge in [-0.1, -0.05) is 48.7 Å². The van der Waals surface area contributed by atoms with Crippen LogP contribution in [-0.4, -0.2) is 14.2 Å². The number of rotatable bonds is 6. The summed E-state index contributed by atoms with van der Waals surface area (Å²) in [7, 11) is 1.58. The second-order valence-corrected chi connectivity index (χ2v) is 8.70. The minimum Gasteiger partial charge on any atom is -0.289 e. The van der Waals surface area contributed by atoms with Crippen LogP contribution in [0.25, 0.3) is 0 Å². The van der Waals surface area contributed by atoms with Gasteiger partial charge in [-0.3, -0.25) is 4.79 Å². The van der Waals surface area contributed by atoms with E-state index in [0.717, 1.165) is 12.8 Å². The first kappa shape index (κ1) is 19.3. The average molecular weight is 406 g/mol. The summed E-state index contributed by atoms with van der Waals surface area (Å²) in [6, 6.07) is 9.04. The molecule has 2 aromatic rings. The Morgan fingerprint density at radius 1 is 1.08 bits per heavy atom. The van der Waals surface area contributed by atoms with E-state index in [1.54, 1.807) is 18.2 Å². The van der Waals surface area contributed by atoms with Gasteiger partial charge in [0.25, 0.3) is 9.05 Å². The summed E-state index contributed by atoms with van der Waals surface area (Å²) in [6.07, 6.45) is 2.32. The van der Waals surface area contributed by atoms with Crippen LogP contribution in [0.15, 0.2) is 41.3 Å². The van der Waals surface area contributed by atoms with E-state index in [0.29, 0.717) is 17.0 Å². The zero-order valence-corrected chi connectivity index (χ0v) is 15.9. The van der Waals surface area contributed by atoms with Crippen LogP contribution in [0.5, 0.6) is 0 Å². The number of hydrogen-bond acceptors (Lipinski definition) is 3. The summed E-state index contributed by atoms with van der Waals surface area (Å²) >= 11 is 12.0. The second kappa shape index (κ2) is 7.87. The molecule has 7 heteroatoms. The van der Waals surface area contributed by atoms with Gasteiger partial charge >= 0.3 is 0 Å². The van der Waals surface area contributed by atoms with Crippen molar-refractivity contribution >= 4 is 48.7 Å². The van der Waals surface area contributed by atoms with Crippen LogP contribution >= 0.6 is 33.9 Å². The highest BCUT2D eigenvalue weighted by Crippen LogP contribution is 2.27. The number of unbranched alkanes of at least 4 members (excludes halogenated alkanes) is 1. The first-order chi connectivity index (χ1) is 11.2. The van der Waals surface area contributed by atoms with Crippen LogP contribution in [0.1, 0.15) is 41.3 Å². The van der Waals surface area contributed by atoms with E-state index in [9.17, 15) is 13.2 Å². The molecule has 2 aromatic carbocycles. The number of benzene rings is 2. The fraction of sp³-hybridized carbons (Fsp3) is 0.235. The fourth-order valence-electron chi connectivity index (χ4n) is 2.32. The van der Waals surface area contributed by atoms with E-state index >= 15 is 0 Å². The van der Waals surface area contributed by atoms with E-state index < -0.39 is 14.8 Å². The Kier molecular flexibility index (Phi) is 6.32. The Bertz CT molecular complexity index is 877. The highest BCUT2D eigenvalue weighted by molar-refractivity contribution is 8.13.